The Morgan fingerprint density at radius 3 is 1.87 bits per heavy atom. The van der Waals surface area contributed by atoms with Gasteiger partial charge in [-0.2, -0.15) is 31.4 Å². The lowest BCUT2D eigenvalue weighted by molar-refractivity contribution is -0.193. The molecule has 0 atom stereocenters. The first kappa shape index (κ1) is 32.6. The van der Waals surface area contributed by atoms with Gasteiger partial charge in [-0.3, -0.25) is 15.0 Å². The number of hydrogen-bond acceptors (Lipinski definition) is 7. The second kappa shape index (κ2) is 13.9. The quantitative estimate of drug-likeness (QED) is 0.473. The number of carbonyl (C=O) groups is 2. The van der Waals surface area contributed by atoms with Crippen LogP contribution in [0.1, 0.15) is 34.8 Å². The predicted octanol–water partition coefficient (Wildman–Crippen LogP) is 3.45. The summed E-state index contributed by atoms with van der Waals surface area (Å²) in [6, 6.07) is 0. The van der Waals surface area contributed by atoms with E-state index in [1.165, 1.54) is 17.0 Å². The molecule has 1 saturated heterocycles. The Hall–Kier alpha value is -3.43. The minimum atomic E-state index is -5.08. The maximum atomic E-state index is 10.6. The zero-order valence-electron chi connectivity index (χ0n) is 21.2. The summed E-state index contributed by atoms with van der Waals surface area (Å²) >= 11 is 0. The van der Waals surface area contributed by atoms with Gasteiger partial charge in [0.1, 0.15) is 5.82 Å². The number of rotatable bonds is 5. The van der Waals surface area contributed by atoms with Crippen molar-refractivity contribution in [2.45, 2.75) is 52.9 Å². The highest BCUT2D eigenvalue weighted by atomic mass is 19.4. The molecule has 0 spiro atoms. The van der Waals surface area contributed by atoms with Crippen molar-refractivity contribution >= 4 is 17.8 Å². The molecule has 0 radical (unpaired) electrons. The fraction of sp³-hybridized carbons (Fsp3) is 0.591. The topological polar surface area (TPSA) is 136 Å². The van der Waals surface area contributed by atoms with E-state index in [9.17, 15) is 26.3 Å². The molecule has 38 heavy (non-hydrogen) atoms. The predicted molar refractivity (Wildman–Crippen MR) is 124 cm³/mol. The molecule has 1 aliphatic heterocycles. The molecule has 0 saturated carbocycles. The van der Waals surface area contributed by atoms with E-state index in [0.717, 1.165) is 62.8 Å². The number of carboxylic acid groups (broad SMARTS) is 2. The first-order valence-corrected chi connectivity index (χ1v) is 11.3. The third kappa shape index (κ3) is 10.9. The number of halogens is 6. The van der Waals surface area contributed by atoms with Crippen LogP contribution >= 0.6 is 0 Å². The maximum Gasteiger partial charge on any atom is 0.490 e. The number of H-pyrrole nitrogens is 1. The Morgan fingerprint density at radius 1 is 0.947 bits per heavy atom. The van der Waals surface area contributed by atoms with Crippen molar-refractivity contribution in [3.8, 4) is 0 Å². The molecule has 10 nitrogen and oxygen atoms in total. The van der Waals surface area contributed by atoms with Crippen molar-refractivity contribution in [3.05, 3.63) is 34.5 Å². The largest absolute Gasteiger partial charge is 0.490 e. The van der Waals surface area contributed by atoms with E-state index in [4.69, 9.17) is 19.8 Å². The molecule has 0 aromatic carbocycles. The van der Waals surface area contributed by atoms with Crippen molar-refractivity contribution in [3.63, 3.8) is 0 Å². The van der Waals surface area contributed by atoms with Crippen LogP contribution in [0.3, 0.4) is 0 Å². The van der Waals surface area contributed by atoms with E-state index in [-0.39, 0.29) is 0 Å². The Kier molecular flexibility index (Phi) is 11.9. The summed E-state index contributed by atoms with van der Waals surface area (Å²) in [5.74, 6) is -4.46. The third-order valence-corrected chi connectivity index (χ3v) is 5.45. The monoisotopic (exact) mass is 556 g/mol. The molecular weight excluding hydrogens is 526 g/mol. The van der Waals surface area contributed by atoms with Crippen LogP contribution in [0.15, 0.2) is 6.20 Å². The van der Waals surface area contributed by atoms with Crippen LogP contribution in [0.5, 0.6) is 0 Å². The van der Waals surface area contributed by atoms with Crippen LogP contribution < -0.4 is 4.90 Å². The normalized spacial score (nSPS) is 14.2. The number of carboxylic acids is 2. The summed E-state index contributed by atoms with van der Waals surface area (Å²) in [4.78, 5) is 31.8. The Morgan fingerprint density at radius 2 is 1.45 bits per heavy atom. The van der Waals surface area contributed by atoms with Crippen molar-refractivity contribution in [2.75, 3.05) is 37.6 Å². The summed E-state index contributed by atoms with van der Waals surface area (Å²) < 4.78 is 63.5. The van der Waals surface area contributed by atoms with Gasteiger partial charge >= 0.3 is 24.3 Å². The zero-order chi connectivity index (χ0) is 29.3. The molecule has 0 amide bonds. The number of alkyl halides is 6. The molecule has 2 aromatic rings. The molecule has 1 aliphatic rings. The fourth-order valence-electron chi connectivity index (χ4n) is 3.26. The van der Waals surface area contributed by atoms with E-state index >= 15 is 0 Å². The van der Waals surface area contributed by atoms with Gasteiger partial charge in [-0.25, -0.2) is 14.6 Å². The lowest BCUT2D eigenvalue weighted by atomic mass is 10.1. The van der Waals surface area contributed by atoms with Gasteiger partial charge in [0.15, 0.2) is 0 Å². The third-order valence-electron chi connectivity index (χ3n) is 5.45. The van der Waals surface area contributed by atoms with Crippen molar-refractivity contribution in [1.82, 2.24) is 25.1 Å². The Balaban J connectivity index is 0.000000426. The van der Waals surface area contributed by atoms with Gasteiger partial charge in [0, 0.05) is 38.1 Å². The van der Waals surface area contributed by atoms with Crippen LogP contribution in [-0.4, -0.2) is 92.3 Å². The van der Waals surface area contributed by atoms with E-state index in [1.807, 2.05) is 20.0 Å². The van der Waals surface area contributed by atoms with Crippen LogP contribution in [-0.2, 0) is 16.0 Å². The van der Waals surface area contributed by atoms with Gasteiger partial charge in [-0.1, -0.05) is 0 Å². The maximum absolute atomic E-state index is 10.6. The standard InChI is InChI=1S/C18H28N6.2C2HF3O2/c1-13-12-19-16(4)18(20-13)24-10-8-23(9-11-24)7-5-6-17-14(2)15(3)21-22-17;2*3-2(4,5)1(6)7/h12H,5-11H2,1-4H3,(H,21,22);2*(H,6,7). The van der Waals surface area contributed by atoms with Crippen LogP contribution in [0.25, 0.3) is 0 Å². The molecular formula is C22H30F6N6O4. The minimum absolute atomic E-state index is 0.989. The molecule has 0 bridgehead atoms. The zero-order valence-corrected chi connectivity index (χ0v) is 21.2. The molecule has 3 heterocycles. The highest BCUT2D eigenvalue weighted by Gasteiger charge is 2.38. The van der Waals surface area contributed by atoms with Gasteiger partial charge in [-0.05, 0) is 52.6 Å². The highest BCUT2D eigenvalue weighted by Crippen LogP contribution is 2.18. The Bertz CT molecular complexity index is 1040. The number of aliphatic carboxylic acids is 2. The summed E-state index contributed by atoms with van der Waals surface area (Å²) in [6.45, 7) is 13.7. The van der Waals surface area contributed by atoms with Gasteiger partial charge < -0.3 is 15.1 Å². The summed E-state index contributed by atoms with van der Waals surface area (Å²) in [5, 5.41) is 21.7. The number of nitrogens with one attached hydrogen (secondary N) is 1. The summed E-state index contributed by atoms with van der Waals surface area (Å²) in [6.07, 6.45) is -6.11. The van der Waals surface area contributed by atoms with Crippen LogP contribution in [0, 0.1) is 27.7 Å². The second-order valence-electron chi connectivity index (χ2n) is 8.38. The average molecular weight is 557 g/mol. The molecule has 3 N–H and O–H groups in total. The summed E-state index contributed by atoms with van der Waals surface area (Å²) in [5.41, 5.74) is 5.74. The molecule has 0 aliphatic carbocycles. The van der Waals surface area contributed by atoms with Gasteiger partial charge in [0.25, 0.3) is 0 Å². The van der Waals surface area contributed by atoms with Crippen molar-refractivity contribution in [1.29, 1.82) is 0 Å². The molecule has 214 valence electrons. The lowest BCUT2D eigenvalue weighted by Gasteiger charge is -2.35. The first-order chi connectivity index (χ1) is 17.4. The van der Waals surface area contributed by atoms with Crippen LogP contribution in [0.4, 0.5) is 32.2 Å². The number of anilines is 1. The van der Waals surface area contributed by atoms with E-state index in [2.05, 4.69) is 43.8 Å². The molecule has 3 rings (SSSR count). The number of aromatic nitrogens is 4. The van der Waals surface area contributed by atoms with Crippen LogP contribution in [0.2, 0.25) is 0 Å². The van der Waals surface area contributed by atoms with E-state index in [1.54, 1.807) is 0 Å². The van der Waals surface area contributed by atoms with Gasteiger partial charge in [0.2, 0.25) is 0 Å². The van der Waals surface area contributed by atoms with Gasteiger partial charge in [0.05, 0.1) is 17.1 Å². The molecule has 2 aromatic heterocycles. The number of hydrogen-bond donors (Lipinski definition) is 3. The number of nitrogens with zero attached hydrogens (tertiary/aromatic N) is 5. The van der Waals surface area contributed by atoms with E-state index in [0.29, 0.717) is 0 Å². The molecule has 16 heteroatoms. The second-order valence-corrected chi connectivity index (χ2v) is 8.38. The van der Waals surface area contributed by atoms with Crippen molar-refractivity contribution < 1.29 is 46.1 Å². The lowest BCUT2D eigenvalue weighted by Crippen LogP contribution is -2.47. The smallest absolute Gasteiger partial charge is 0.475 e. The highest BCUT2D eigenvalue weighted by molar-refractivity contribution is 5.73. The molecule has 0 unspecified atom stereocenters. The number of piperazine rings is 1. The minimum Gasteiger partial charge on any atom is -0.475 e. The number of aromatic amines is 1. The van der Waals surface area contributed by atoms with Gasteiger partial charge in [-0.15, -0.1) is 0 Å². The first-order valence-electron chi connectivity index (χ1n) is 11.3. The summed E-state index contributed by atoms with van der Waals surface area (Å²) in [7, 11) is 0. The molecule has 1 fully saturated rings. The SMILES string of the molecule is Cc1cnc(C)c(N2CCN(CCCc3n[nH]c(C)c3C)CC2)n1.O=C(O)C(F)(F)F.O=C(O)C(F)(F)F. The average Bonchev–Trinajstić information content (AvgIpc) is 3.13. The fourth-order valence-corrected chi connectivity index (χ4v) is 3.26. The number of aryl methyl sites for hydroxylation is 4. The van der Waals surface area contributed by atoms with Crippen molar-refractivity contribution in [2.24, 2.45) is 0 Å². The van der Waals surface area contributed by atoms with E-state index < -0.39 is 24.3 Å². The Labute approximate surface area is 214 Å².